The summed E-state index contributed by atoms with van der Waals surface area (Å²) in [7, 11) is 0. The standard InChI is InChI=1S/C15H19NO3/c1-8-6-9(2)13(7-12(8)15(18)19)16-14(17)10(3)11-4-5-11/h6-7,10-11H,4-5H2,1-3H3,(H,16,17)(H,18,19). The molecule has 0 spiro atoms. The van der Waals surface area contributed by atoms with Crippen LogP contribution in [0.25, 0.3) is 0 Å². The number of anilines is 1. The van der Waals surface area contributed by atoms with E-state index in [1.54, 1.807) is 19.1 Å². The van der Waals surface area contributed by atoms with E-state index in [2.05, 4.69) is 5.32 Å². The summed E-state index contributed by atoms with van der Waals surface area (Å²) >= 11 is 0. The van der Waals surface area contributed by atoms with Crippen molar-refractivity contribution in [1.82, 2.24) is 0 Å². The molecule has 0 heterocycles. The van der Waals surface area contributed by atoms with E-state index in [9.17, 15) is 9.59 Å². The number of benzene rings is 1. The number of nitrogens with one attached hydrogen (secondary N) is 1. The number of hydrogen-bond donors (Lipinski definition) is 2. The highest BCUT2D eigenvalue weighted by Crippen LogP contribution is 2.37. The number of carboxylic acids is 1. The number of amides is 1. The van der Waals surface area contributed by atoms with Gasteiger partial charge in [-0.25, -0.2) is 4.79 Å². The van der Waals surface area contributed by atoms with Gasteiger partial charge in [0.1, 0.15) is 0 Å². The highest BCUT2D eigenvalue weighted by Gasteiger charge is 2.32. The van der Waals surface area contributed by atoms with Gasteiger partial charge in [-0.15, -0.1) is 0 Å². The first kappa shape index (κ1) is 13.6. The third kappa shape index (κ3) is 2.95. The van der Waals surface area contributed by atoms with Crippen LogP contribution in [0.15, 0.2) is 12.1 Å². The molecule has 0 radical (unpaired) electrons. The van der Waals surface area contributed by atoms with Crippen molar-refractivity contribution in [1.29, 1.82) is 0 Å². The van der Waals surface area contributed by atoms with Gasteiger partial charge in [-0.1, -0.05) is 13.0 Å². The Morgan fingerprint density at radius 2 is 1.89 bits per heavy atom. The van der Waals surface area contributed by atoms with E-state index in [0.29, 0.717) is 17.2 Å². The third-order valence-electron chi connectivity index (χ3n) is 3.80. The molecular formula is C15H19NO3. The number of carbonyl (C=O) groups is 2. The van der Waals surface area contributed by atoms with Crippen molar-refractivity contribution in [2.45, 2.75) is 33.6 Å². The second-order valence-electron chi connectivity index (χ2n) is 5.40. The first-order valence-electron chi connectivity index (χ1n) is 6.55. The summed E-state index contributed by atoms with van der Waals surface area (Å²) in [5.74, 6) is -0.507. The molecule has 1 atom stereocenters. The van der Waals surface area contributed by atoms with Crippen LogP contribution in [0.1, 0.15) is 41.3 Å². The Kier molecular flexibility index (Phi) is 3.60. The van der Waals surface area contributed by atoms with Gasteiger partial charge in [0.15, 0.2) is 0 Å². The topological polar surface area (TPSA) is 66.4 Å². The van der Waals surface area contributed by atoms with E-state index in [-0.39, 0.29) is 17.4 Å². The molecule has 1 unspecified atom stereocenters. The number of rotatable bonds is 4. The molecule has 2 N–H and O–H groups in total. The summed E-state index contributed by atoms with van der Waals surface area (Å²) in [6, 6.07) is 3.34. The van der Waals surface area contributed by atoms with Crippen LogP contribution in [-0.4, -0.2) is 17.0 Å². The van der Waals surface area contributed by atoms with E-state index < -0.39 is 5.97 Å². The summed E-state index contributed by atoms with van der Waals surface area (Å²) in [5, 5.41) is 12.0. The summed E-state index contributed by atoms with van der Waals surface area (Å²) in [6.45, 7) is 5.56. The number of carboxylic acid groups (broad SMARTS) is 1. The zero-order valence-electron chi connectivity index (χ0n) is 11.5. The lowest BCUT2D eigenvalue weighted by atomic mass is 10.0. The van der Waals surface area contributed by atoms with E-state index in [4.69, 9.17) is 5.11 Å². The van der Waals surface area contributed by atoms with Gasteiger partial charge in [-0.2, -0.15) is 0 Å². The van der Waals surface area contributed by atoms with E-state index in [0.717, 1.165) is 18.4 Å². The van der Waals surface area contributed by atoms with Crippen LogP contribution >= 0.6 is 0 Å². The molecular weight excluding hydrogens is 242 g/mol. The Bertz CT molecular complexity index is 532. The molecule has 0 saturated heterocycles. The van der Waals surface area contributed by atoms with Crippen molar-refractivity contribution in [3.05, 3.63) is 28.8 Å². The lowest BCUT2D eigenvalue weighted by Crippen LogP contribution is -2.22. The molecule has 1 aromatic rings. The summed E-state index contributed by atoms with van der Waals surface area (Å²) in [6.07, 6.45) is 2.23. The fourth-order valence-corrected chi connectivity index (χ4v) is 2.27. The summed E-state index contributed by atoms with van der Waals surface area (Å²) in [5.41, 5.74) is 2.43. The zero-order chi connectivity index (χ0) is 14.2. The van der Waals surface area contributed by atoms with Gasteiger partial charge in [0.2, 0.25) is 5.91 Å². The Balaban J connectivity index is 2.21. The molecule has 0 aliphatic heterocycles. The van der Waals surface area contributed by atoms with Crippen molar-refractivity contribution in [2.24, 2.45) is 11.8 Å². The number of carbonyl (C=O) groups excluding carboxylic acids is 1. The maximum absolute atomic E-state index is 12.1. The predicted octanol–water partition coefficient (Wildman–Crippen LogP) is 2.99. The molecule has 19 heavy (non-hydrogen) atoms. The van der Waals surface area contributed by atoms with Crippen molar-refractivity contribution in [2.75, 3.05) is 5.32 Å². The molecule has 1 aliphatic rings. The Morgan fingerprint density at radius 1 is 1.26 bits per heavy atom. The smallest absolute Gasteiger partial charge is 0.336 e. The van der Waals surface area contributed by atoms with Crippen molar-refractivity contribution >= 4 is 17.6 Å². The van der Waals surface area contributed by atoms with Crippen molar-refractivity contribution in [3.8, 4) is 0 Å². The molecule has 0 bridgehead atoms. The molecule has 4 nitrogen and oxygen atoms in total. The fourth-order valence-electron chi connectivity index (χ4n) is 2.27. The average Bonchev–Trinajstić information content (AvgIpc) is 3.15. The predicted molar refractivity (Wildman–Crippen MR) is 73.4 cm³/mol. The summed E-state index contributed by atoms with van der Waals surface area (Å²) in [4.78, 5) is 23.2. The molecule has 0 aromatic heterocycles. The Morgan fingerprint density at radius 3 is 2.42 bits per heavy atom. The first-order chi connectivity index (χ1) is 8.90. The van der Waals surface area contributed by atoms with Crippen LogP contribution in [0.3, 0.4) is 0 Å². The molecule has 4 heteroatoms. The molecule has 1 aliphatic carbocycles. The minimum Gasteiger partial charge on any atom is -0.478 e. The second kappa shape index (κ2) is 5.03. The maximum atomic E-state index is 12.1. The molecule has 2 rings (SSSR count). The number of aryl methyl sites for hydroxylation is 2. The molecule has 1 fully saturated rings. The minimum absolute atomic E-state index is 0.00557. The Labute approximate surface area is 112 Å². The first-order valence-corrected chi connectivity index (χ1v) is 6.55. The second-order valence-corrected chi connectivity index (χ2v) is 5.40. The van der Waals surface area contributed by atoms with E-state index >= 15 is 0 Å². The Hall–Kier alpha value is -1.84. The van der Waals surface area contributed by atoms with Gasteiger partial charge in [-0.3, -0.25) is 4.79 Å². The van der Waals surface area contributed by atoms with Crippen LogP contribution < -0.4 is 5.32 Å². The van der Waals surface area contributed by atoms with Gasteiger partial charge in [0, 0.05) is 11.6 Å². The maximum Gasteiger partial charge on any atom is 0.336 e. The van der Waals surface area contributed by atoms with Gasteiger partial charge in [-0.05, 0) is 49.8 Å². The highest BCUT2D eigenvalue weighted by atomic mass is 16.4. The molecule has 1 saturated carbocycles. The lowest BCUT2D eigenvalue weighted by Gasteiger charge is -2.14. The van der Waals surface area contributed by atoms with Gasteiger partial charge in [0.05, 0.1) is 5.56 Å². The summed E-state index contributed by atoms with van der Waals surface area (Å²) < 4.78 is 0. The van der Waals surface area contributed by atoms with Crippen LogP contribution in [0, 0.1) is 25.7 Å². The number of aromatic carboxylic acids is 1. The van der Waals surface area contributed by atoms with Crippen LogP contribution in [-0.2, 0) is 4.79 Å². The van der Waals surface area contributed by atoms with Crippen LogP contribution in [0.5, 0.6) is 0 Å². The monoisotopic (exact) mass is 261 g/mol. The van der Waals surface area contributed by atoms with Gasteiger partial charge < -0.3 is 10.4 Å². The van der Waals surface area contributed by atoms with E-state index in [1.807, 2.05) is 13.8 Å². The normalized spacial score (nSPS) is 15.9. The van der Waals surface area contributed by atoms with Crippen LogP contribution in [0.2, 0.25) is 0 Å². The van der Waals surface area contributed by atoms with Gasteiger partial charge in [0.25, 0.3) is 0 Å². The molecule has 102 valence electrons. The number of hydrogen-bond acceptors (Lipinski definition) is 2. The van der Waals surface area contributed by atoms with Crippen molar-refractivity contribution in [3.63, 3.8) is 0 Å². The quantitative estimate of drug-likeness (QED) is 0.875. The zero-order valence-corrected chi connectivity index (χ0v) is 11.5. The van der Waals surface area contributed by atoms with Gasteiger partial charge >= 0.3 is 5.97 Å². The van der Waals surface area contributed by atoms with Crippen molar-refractivity contribution < 1.29 is 14.7 Å². The SMILES string of the molecule is Cc1cc(C)c(C(=O)O)cc1NC(=O)C(C)C1CC1. The highest BCUT2D eigenvalue weighted by molar-refractivity contribution is 5.96. The largest absolute Gasteiger partial charge is 0.478 e. The fraction of sp³-hybridized carbons (Fsp3) is 0.467. The van der Waals surface area contributed by atoms with E-state index in [1.165, 1.54) is 0 Å². The molecule has 1 aromatic carbocycles. The minimum atomic E-state index is -0.969. The van der Waals surface area contributed by atoms with Crippen LogP contribution in [0.4, 0.5) is 5.69 Å². The average molecular weight is 261 g/mol. The molecule has 1 amide bonds. The lowest BCUT2D eigenvalue weighted by molar-refractivity contribution is -0.119. The third-order valence-corrected chi connectivity index (χ3v) is 3.80.